The van der Waals surface area contributed by atoms with Crippen molar-refractivity contribution >= 4 is 17.5 Å². The van der Waals surface area contributed by atoms with Gasteiger partial charge in [0.2, 0.25) is 5.91 Å². The largest absolute Gasteiger partial charge is 0.394 e. The maximum Gasteiger partial charge on any atom is 0.228 e. The number of aliphatic hydroxyl groups is 2. The van der Waals surface area contributed by atoms with Crippen LogP contribution in [0.25, 0.3) is 0 Å². The van der Waals surface area contributed by atoms with Gasteiger partial charge in [-0.1, -0.05) is 23.7 Å². The Morgan fingerprint density at radius 2 is 1.94 bits per heavy atom. The molecule has 4 rings (SSSR count). The molecule has 32 heavy (non-hydrogen) atoms. The first-order valence-electron chi connectivity index (χ1n) is 10.9. The standard InChI is InChI=1S/C25H28ClF2NO3/c1-13-15-7-8-22(28)24(17-10-19(17)25(2,3)32)16(15)9-14(12-30)29(13)23(31)11-18-20(26)5-4-6-21(18)27/h4-8,13-14,17,19,30,32H,9-12H2,1-3H3/t13-,14-,17-,19-/m1/s1. The fourth-order valence-corrected chi connectivity index (χ4v) is 5.51. The number of aliphatic hydroxyl groups excluding tert-OH is 1. The number of halogens is 3. The minimum absolute atomic E-state index is 0.0331. The van der Waals surface area contributed by atoms with Gasteiger partial charge in [0.25, 0.3) is 0 Å². The monoisotopic (exact) mass is 463 g/mol. The van der Waals surface area contributed by atoms with E-state index in [-0.39, 0.29) is 47.2 Å². The number of amides is 1. The summed E-state index contributed by atoms with van der Waals surface area (Å²) < 4.78 is 29.2. The number of benzene rings is 2. The number of nitrogens with zero attached hydrogens (tertiary/aromatic N) is 1. The Labute approximate surface area is 191 Å². The zero-order valence-electron chi connectivity index (χ0n) is 18.4. The summed E-state index contributed by atoms with van der Waals surface area (Å²) in [4.78, 5) is 14.8. The molecule has 1 aliphatic heterocycles. The third kappa shape index (κ3) is 4.04. The molecule has 0 spiro atoms. The number of hydrogen-bond acceptors (Lipinski definition) is 3. The van der Waals surface area contributed by atoms with Gasteiger partial charge in [-0.25, -0.2) is 8.78 Å². The molecule has 0 aromatic heterocycles. The van der Waals surface area contributed by atoms with Crippen molar-refractivity contribution in [3.05, 3.63) is 69.2 Å². The highest BCUT2D eigenvalue weighted by atomic mass is 35.5. The van der Waals surface area contributed by atoms with E-state index in [1.807, 2.05) is 6.92 Å². The number of carbonyl (C=O) groups is 1. The summed E-state index contributed by atoms with van der Waals surface area (Å²) in [7, 11) is 0. The van der Waals surface area contributed by atoms with E-state index in [4.69, 9.17) is 11.6 Å². The molecule has 1 fully saturated rings. The fourth-order valence-electron chi connectivity index (χ4n) is 5.28. The Kier molecular flexibility index (Phi) is 6.07. The van der Waals surface area contributed by atoms with Crippen LogP contribution in [0.2, 0.25) is 5.02 Å². The summed E-state index contributed by atoms with van der Waals surface area (Å²) >= 11 is 6.11. The molecular formula is C25H28ClF2NO3. The zero-order chi connectivity index (χ0) is 23.4. The minimum atomic E-state index is -0.905. The zero-order valence-corrected chi connectivity index (χ0v) is 19.2. The molecule has 172 valence electrons. The van der Waals surface area contributed by atoms with E-state index in [9.17, 15) is 23.8 Å². The van der Waals surface area contributed by atoms with Gasteiger partial charge in [0, 0.05) is 10.6 Å². The van der Waals surface area contributed by atoms with Gasteiger partial charge in [0.15, 0.2) is 0 Å². The van der Waals surface area contributed by atoms with Crippen LogP contribution >= 0.6 is 11.6 Å². The van der Waals surface area contributed by atoms with Crippen molar-refractivity contribution in [2.24, 2.45) is 5.92 Å². The smallest absolute Gasteiger partial charge is 0.228 e. The lowest BCUT2D eigenvalue weighted by Crippen LogP contribution is -2.49. The van der Waals surface area contributed by atoms with E-state index in [2.05, 4.69) is 0 Å². The summed E-state index contributed by atoms with van der Waals surface area (Å²) in [5, 5.41) is 20.7. The molecular weight excluding hydrogens is 436 g/mol. The SMILES string of the molecule is C[C@@H]1c2ccc(F)c([C@@H]3C[C@H]3C(C)(C)O)c2C[C@H](CO)N1C(=O)Cc1c(F)cccc1Cl. The summed E-state index contributed by atoms with van der Waals surface area (Å²) in [6, 6.07) is 6.40. The van der Waals surface area contributed by atoms with Crippen molar-refractivity contribution in [2.45, 2.75) is 63.6 Å². The highest BCUT2D eigenvalue weighted by Gasteiger charge is 2.50. The fraction of sp³-hybridized carbons (Fsp3) is 0.480. The topological polar surface area (TPSA) is 60.8 Å². The second-order valence-corrected chi connectivity index (χ2v) is 9.93. The molecule has 2 aliphatic rings. The molecule has 0 radical (unpaired) electrons. The van der Waals surface area contributed by atoms with Crippen molar-refractivity contribution in [3.63, 3.8) is 0 Å². The van der Waals surface area contributed by atoms with E-state index in [1.165, 1.54) is 24.3 Å². The second kappa shape index (κ2) is 8.40. The molecule has 1 aliphatic carbocycles. The second-order valence-electron chi connectivity index (χ2n) is 9.53. The predicted octanol–water partition coefficient (Wildman–Crippen LogP) is 4.54. The molecule has 2 aromatic carbocycles. The van der Waals surface area contributed by atoms with E-state index >= 15 is 0 Å². The molecule has 1 saturated carbocycles. The molecule has 0 unspecified atom stereocenters. The van der Waals surface area contributed by atoms with Crippen LogP contribution in [0.3, 0.4) is 0 Å². The van der Waals surface area contributed by atoms with Gasteiger partial charge in [-0.05, 0) is 80.3 Å². The molecule has 4 nitrogen and oxygen atoms in total. The maximum absolute atomic E-state index is 14.9. The van der Waals surface area contributed by atoms with E-state index in [1.54, 1.807) is 24.8 Å². The molecule has 4 atom stereocenters. The number of rotatable bonds is 5. The first-order valence-corrected chi connectivity index (χ1v) is 11.3. The summed E-state index contributed by atoms with van der Waals surface area (Å²) in [6.45, 7) is 5.01. The molecule has 1 amide bonds. The van der Waals surface area contributed by atoms with Gasteiger partial charge in [-0.3, -0.25) is 4.79 Å². The molecule has 1 heterocycles. The highest BCUT2D eigenvalue weighted by Crippen LogP contribution is 2.56. The molecule has 7 heteroatoms. The summed E-state index contributed by atoms with van der Waals surface area (Å²) in [6.07, 6.45) is 0.775. The minimum Gasteiger partial charge on any atom is -0.394 e. The lowest BCUT2D eigenvalue weighted by atomic mass is 9.83. The molecule has 2 N–H and O–H groups in total. The lowest BCUT2D eigenvalue weighted by molar-refractivity contribution is -0.137. The first-order chi connectivity index (χ1) is 15.0. The third-order valence-electron chi connectivity index (χ3n) is 7.00. The average Bonchev–Trinajstić information content (AvgIpc) is 3.51. The van der Waals surface area contributed by atoms with Crippen molar-refractivity contribution in [1.29, 1.82) is 0 Å². The predicted molar refractivity (Wildman–Crippen MR) is 118 cm³/mol. The van der Waals surface area contributed by atoms with Crippen molar-refractivity contribution in [3.8, 4) is 0 Å². The van der Waals surface area contributed by atoms with Crippen LogP contribution in [0.4, 0.5) is 8.78 Å². The normalized spacial score (nSPS) is 24.9. The Morgan fingerprint density at radius 3 is 2.53 bits per heavy atom. The van der Waals surface area contributed by atoms with E-state index < -0.39 is 23.5 Å². The highest BCUT2D eigenvalue weighted by molar-refractivity contribution is 6.31. The van der Waals surface area contributed by atoms with Crippen LogP contribution in [0.1, 0.15) is 61.4 Å². The third-order valence-corrected chi connectivity index (χ3v) is 7.35. The Balaban J connectivity index is 1.68. The lowest BCUT2D eigenvalue weighted by Gasteiger charge is -2.42. The van der Waals surface area contributed by atoms with Gasteiger partial charge >= 0.3 is 0 Å². The maximum atomic E-state index is 14.9. The van der Waals surface area contributed by atoms with Crippen LogP contribution in [-0.4, -0.2) is 39.3 Å². The van der Waals surface area contributed by atoms with Crippen LogP contribution in [0.5, 0.6) is 0 Å². The number of fused-ring (bicyclic) bond motifs is 1. The number of hydrogen-bond donors (Lipinski definition) is 2. The van der Waals surface area contributed by atoms with Crippen molar-refractivity contribution in [2.75, 3.05) is 6.61 Å². The average molecular weight is 464 g/mol. The molecule has 0 bridgehead atoms. The van der Waals surface area contributed by atoms with Crippen LogP contribution in [-0.2, 0) is 17.6 Å². The molecule has 0 saturated heterocycles. The van der Waals surface area contributed by atoms with Gasteiger partial charge in [-0.15, -0.1) is 0 Å². The van der Waals surface area contributed by atoms with Gasteiger partial charge in [-0.2, -0.15) is 0 Å². The number of carbonyl (C=O) groups excluding carboxylic acids is 1. The van der Waals surface area contributed by atoms with Crippen molar-refractivity contribution in [1.82, 2.24) is 4.90 Å². The van der Waals surface area contributed by atoms with Crippen LogP contribution < -0.4 is 0 Å². The Bertz CT molecular complexity index is 1030. The molecule has 2 aromatic rings. The van der Waals surface area contributed by atoms with E-state index in [0.29, 0.717) is 18.4 Å². The van der Waals surface area contributed by atoms with Gasteiger partial charge in [0.1, 0.15) is 11.6 Å². The van der Waals surface area contributed by atoms with Crippen molar-refractivity contribution < 1.29 is 23.8 Å². The first kappa shape index (κ1) is 23.1. The van der Waals surface area contributed by atoms with Gasteiger partial charge in [0.05, 0.1) is 30.7 Å². The Morgan fingerprint density at radius 1 is 1.22 bits per heavy atom. The quantitative estimate of drug-likeness (QED) is 0.684. The van der Waals surface area contributed by atoms with Gasteiger partial charge < -0.3 is 15.1 Å². The van der Waals surface area contributed by atoms with Crippen LogP contribution in [0, 0.1) is 17.6 Å². The van der Waals surface area contributed by atoms with Crippen LogP contribution in [0.15, 0.2) is 30.3 Å². The summed E-state index contributed by atoms with van der Waals surface area (Å²) in [5.74, 6) is -1.33. The Hall–Kier alpha value is -2.02. The van der Waals surface area contributed by atoms with E-state index in [0.717, 1.165) is 11.1 Å². The summed E-state index contributed by atoms with van der Waals surface area (Å²) in [5.41, 5.74) is 1.43.